The number of benzene rings is 2. The van der Waals surface area contributed by atoms with Crippen LogP contribution in [0.4, 0.5) is 17.6 Å². The van der Waals surface area contributed by atoms with Crippen LogP contribution in [0.1, 0.15) is 11.1 Å². The fraction of sp³-hybridized carbons (Fsp3) is 0.133. The van der Waals surface area contributed by atoms with E-state index in [-0.39, 0.29) is 23.1 Å². The van der Waals surface area contributed by atoms with Gasteiger partial charge in [-0.05, 0) is 29.3 Å². The van der Waals surface area contributed by atoms with E-state index in [4.69, 9.17) is 5.11 Å². The van der Waals surface area contributed by atoms with Crippen LogP contribution < -0.4 is 0 Å². The van der Waals surface area contributed by atoms with E-state index in [9.17, 15) is 22.4 Å². The smallest absolute Gasteiger partial charge is 0.417 e. The fourth-order valence-electron chi connectivity index (χ4n) is 2.03. The number of carboxylic acid groups (broad SMARTS) is 1. The summed E-state index contributed by atoms with van der Waals surface area (Å²) >= 11 is 0. The predicted octanol–water partition coefficient (Wildman–Crippen LogP) is 4.14. The Labute approximate surface area is 117 Å². The quantitative estimate of drug-likeness (QED) is 0.865. The van der Waals surface area contributed by atoms with E-state index in [2.05, 4.69) is 0 Å². The highest BCUT2D eigenvalue weighted by molar-refractivity contribution is 5.73. The highest BCUT2D eigenvalue weighted by Crippen LogP contribution is 2.38. The van der Waals surface area contributed by atoms with Crippen molar-refractivity contribution in [1.29, 1.82) is 0 Å². The van der Waals surface area contributed by atoms with Crippen LogP contribution in [0.2, 0.25) is 0 Å². The Bertz CT molecular complexity index is 678. The first kappa shape index (κ1) is 15.0. The summed E-state index contributed by atoms with van der Waals surface area (Å²) in [6.07, 6.45) is -5.01. The molecule has 0 bridgehead atoms. The molecule has 0 saturated heterocycles. The Balaban J connectivity index is 2.59. The molecular formula is C15H10F4O2. The molecule has 2 aromatic rings. The van der Waals surface area contributed by atoms with Gasteiger partial charge in [-0.2, -0.15) is 13.2 Å². The topological polar surface area (TPSA) is 37.3 Å². The van der Waals surface area contributed by atoms with Gasteiger partial charge in [-0.25, -0.2) is 4.39 Å². The zero-order chi connectivity index (χ0) is 15.6. The molecule has 1 N–H and O–H groups in total. The summed E-state index contributed by atoms with van der Waals surface area (Å²) in [6.45, 7) is 0. The van der Waals surface area contributed by atoms with Crippen molar-refractivity contribution < 1.29 is 27.5 Å². The van der Waals surface area contributed by atoms with Crippen LogP contribution in [0.3, 0.4) is 0 Å². The van der Waals surface area contributed by atoms with E-state index in [0.717, 1.165) is 24.3 Å². The Hall–Kier alpha value is -2.37. The maximum Gasteiger partial charge on any atom is 0.417 e. The number of carbonyl (C=O) groups is 1. The van der Waals surface area contributed by atoms with Gasteiger partial charge < -0.3 is 5.11 Å². The van der Waals surface area contributed by atoms with Gasteiger partial charge in [0.25, 0.3) is 0 Å². The minimum absolute atomic E-state index is 0.232. The molecule has 0 atom stereocenters. The molecule has 0 fully saturated rings. The molecule has 0 aliphatic carbocycles. The van der Waals surface area contributed by atoms with E-state index >= 15 is 0 Å². The van der Waals surface area contributed by atoms with Crippen LogP contribution in [0.5, 0.6) is 0 Å². The molecule has 0 unspecified atom stereocenters. The van der Waals surface area contributed by atoms with Crippen molar-refractivity contribution >= 4 is 5.97 Å². The molecule has 0 amide bonds. The SMILES string of the molecule is O=C(O)Cc1ccc(F)c(-c2ccccc2C(F)(F)F)c1. The predicted molar refractivity (Wildman–Crippen MR) is 68.2 cm³/mol. The molecule has 0 aliphatic heterocycles. The molecule has 0 aromatic heterocycles. The Morgan fingerprint density at radius 1 is 1.05 bits per heavy atom. The van der Waals surface area contributed by atoms with Gasteiger partial charge in [-0.3, -0.25) is 4.79 Å². The highest BCUT2D eigenvalue weighted by atomic mass is 19.4. The number of halogens is 4. The van der Waals surface area contributed by atoms with Gasteiger partial charge >= 0.3 is 12.1 Å². The van der Waals surface area contributed by atoms with Crippen molar-refractivity contribution in [2.24, 2.45) is 0 Å². The Morgan fingerprint density at radius 3 is 2.33 bits per heavy atom. The normalized spacial score (nSPS) is 11.4. The molecule has 110 valence electrons. The monoisotopic (exact) mass is 298 g/mol. The van der Waals surface area contributed by atoms with Gasteiger partial charge in [0.2, 0.25) is 0 Å². The second-order valence-corrected chi connectivity index (χ2v) is 4.43. The zero-order valence-electron chi connectivity index (χ0n) is 10.6. The zero-order valence-corrected chi connectivity index (χ0v) is 10.6. The average molecular weight is 298 g/mol. The molecule has 0 saturated carbocycles. The van der Waals surface area contributed by atoms with Crippen molar-refractivity contribution in [3.8, 4) is 11.1 Å². The Morgan fingerprint density at radius 2 is 1.71 bits per heavy atom. The molecule has 21 heavy (non-hydrogen) atoms. The van der Waals surface area contributed by atoms with Crippen molar-refractivity contribution in [2.45, 2.75) is 12.6 Å². The van der Waals surface area contributed by atoms with E-state index in [1.807, 2.05) is 0 Å². The van der Waals surface area contributed by atoms with Gasteiger partial charge in [0.15, 0.2) is 0 Å². The lowest BCUT2D eigenvalue weighted by atomic mass is 9.96. The second kappa shape index (κ2) is 5.55. The van der Waals surface area contributed by atoms with E-state index in [1.54, 1.807) is 0 Å². The third kappa shape index (κ3) is 3.39. The van der Waals surface area contributed by atoms with Crippen LogP contribution in [-0.4, -0.2) is 11.1 Å². The van der Waals surface area contributed by atoms with E-state index in [1.165, 1.54) is 18.2 Å². The van der Waals surface area contributed by atoms with Crippen molar-refractivity contribution in [2.75, 3.05) is 0 Å². The summed E-state index contributed by atoms with van der Waals surface area (Å²) in [7, 11) is 0. The summed E-state index contributed by atoms with van der Waals surface area (Å²) in [6, 6.07) is 7.95. The summed E-state index contributed by atoms with van der Waals surface area (Å²) < 4.78 is 52.7. The molecule has 0 radical (unpaired) electrons. The third-order valence-corrected chi connectivity index (χ3v) is 2.91. The van der Waals surface area contributed by atoms with Gasteiger partial charge in [0.05, 0.1) is 12.0 Å². The summed E-state index contributed by atoms with van der Waals surface area (Å²) in [5.74, 6) is -1.97. The lowest BCUT2D eigenvalue weighted by molar-refractivity contribution is -0.137. The first-order valence-corrected chi connectivity index (χ1v) is 5.96. The van der Waals surface area contributed by atoms with Crippen LogP contribution in [0.15, 0.2) is 42.5 Å². The number of aliphatic carboxylic acids is 1. The van der Waals surface area contributed by atoms with Crippen molar-refractivity contribution in [1.82, 2.24) is 0 Å². The first-order valence-electron chi connectivity index (χ1n) is 5.96. The van der Waals surface area contributed by atoms with Crippen LogP contribution >= 0.6 is 0 Å². The number of carboxylic acids is 1. The molecule has 2 rings (SSSR count). The van der Waals surface area contributed by atoms with Crippen molar-refractivity contribution in [3.63, 3.8) is 0 Å². The largest absolute Gasteiger partial charge is 0.481 e. The third-order valence-electron chi connectivity index (χ3n) is 2.91. The van der Waals surface area contributed by atoms with E-state index in [0.29, 0.717) is 0 Å². The molecule has 0 spiro atoms. The number of rotatable bonds is 3. The van der Waals surface area contributed by atoms with Gasteiger partial charge in [-0.1, -0.05) is 24.3 Å². The highest BCUT2D eigenvalue weighted by Gasteiger charge is 2.33. The lowest BCUT2D eigenvalue weighted by Gasteiger charge is -2.14. The summed E-state index contributed by atoms with van der Waals surface area (Å²) in [5.41, 5.74) is -1.30. The fourth-order valence-corrected chi connectivity index (χ4v) is 2.03. The second-order valence-electron chi connectivity index (χ2n) is 4.43. The van der Waals surface area contributed by atoms with Crippen LogP contribution in [0, 0.1) is 5.82 Å². The maximum atomic E-state index is 13.8. The summed E-state index contributed by atoms with van der Waals surface area (Å²) in [4.78, 5) is 10.7. The maximum absolute atomic E-state index is 13.8. The number of hydrogen-bond donors (Lipinski definition) is 1. The number of alkyl halides is 3. The Kier molecular flexibility index (Phi) is 3.97. The minimum atomic E-state index is -4.62. The average Bonchev–Trinajstić information content (AvgIpc) is 2.39. The van der Waals surface area contributed by atoms with Gasteiger partial charge in [0, 0.05) is 5.56 Å². The molecular weight excluding hydrogens is 288 g/mol. The first-order chi connectivity index (χ1) is 9.79. The summed E-state index contributed by atoms with van der Waals surface area (Å²) in [5, 5.41) is 8.71. The molecule has 2 nitrogen and oxygen atoms in total. The van der Waals surface area contributed by atoms with E-state index < -0.39 is 23.5 Å². The molecule has 0 heterocycles. The standard InChI is InChI=1S/C15H10F4O2/c16-13-6-5-9(8-14(20)21)7-11(13)10-3-1-2-4-12(10)15(17,18)19/h1-7H,8H2,(H,20,21). The van der Waals surface area contributed by atoms with Crippen molar-refractivity contribution in [3.05, 3.63) is 59.4 Å². The van der Waals surface area contributed by atoms with Gasteiger partial charge in [-0.15, -0.1) is 0 Å². The molecule has 0 aliphatic rings. The molecule has 6 heteroatoms. The van der Waals surface area contributed by atoms with Gasteiger partial charge in [0.1, 0.15) is 5.82 Å². The van der Waals surface area contributed by atoms with Crippen LogP contribution in [-0.2, 0) is 17.4 Å². The minimum Gasteiger partial charge on any atom is -0.481 e. The lowest BCUT2D eigenvalue weighted by Crippen LogP contribution is -2.08. The number of hydrogen-bond acceptors (Lipinski definition) is 1. The van der Waals surface area contributed by atoms with Crippen LogP contribution in [0.25, 0.3) is 11.1 Å². The molecule has 2 aromatic carbocycles.